The Morgan fingerprint density at radius 3 is 2.81 bits per heavy atom. The minimum Gasteiger partial charge on any atom is -0.486 e. The van der Waals surface area contributed by atoms with Gasteiger partial charge in [0.2, 0.25) is 0 Å². The minimum absolute atomic E-state index is 0.277. The summed E-state index contributed by atoms with van der Waals surface area (Å²) in [6, 6.07) is 6.81. The quantitative estimate of drug-likeness (QED) is 0.896. The standard InChI is InChI=1S/C17H25NO2S/c1-3-8-18-16(17(2)7-4-11-21-17)13-5-6-14-15(12-13)20-10-9-19-14/h5-6,12,16,18H,3-4,7-11H2,1-2H3. The molecule has 0 amide bonds. The SMILES string of the molecule is CCCNC(c1ccc2c(c1)OCCO2)C1(C)CCCS1. The molecular weight excluding hydrogens is 282 g/mol. The Kier molecular flexibility index (Phi) is 4.65. The lowest BCUT2D eigenvalue weighted by molar-refractivity contribution is 0.171. The molecule has 2 aliphatic heterocycles. The molecule has 2 atom stereocenters. The summed E-state index contributed by atoms with van der Waals surface area (Å²) in [6.07, 6.45) is 3.74. The summed E-state index contributed by atoms with van der Waals surface area (Å²) in [5.74, 6) is 3.04. The van der Waals surface area contributed by atoms with Gasteiger partial charge in [-0.15, -0.1) is 0 Å². The monoisotopic (exact) mass is 307 g/mol. The van der Waals surface area contributed by atoms with Gasteiger partial charge in [0.15, 0.2) is 11.5 Å². The van der Waals surface area contributed by atoms with Crippen LogP contribution in [-0.2, 0) is 0 Å². The number of hydrogen-bond donors (Lipinski definition) is 1. The van der Waals surface area contributed by atoms with Gasteiger partial charge in [0.05, 0.1) is 0 Å². The van der Waals surface area contributed by atoms with Gasteiger partial charge in [0.1, 0.15) is 13.2 Å². The van der Waals surface area contributed by atoms with Crippen molar-refractivity contribution in [1.29, 1.82) is 0 Å². The summed E-state index contributed by atoms with van der Waals surface area (Å²) < 4.78 is 11.7. The lowest BCUT2D eigenvalue weighted by Gasteiger charge is -2.35. The second kappa shape index (κ2) is 6.49. The number of hydrogen-bond acceptors (Lipinski definition) is 4. The van der Waals surface area contributed by atoms with Crippen LogP contribution in [-0.4, -0.2) is 30.3 Å². The summed E-state index contributed by atoms with van der Waals surface area (Å²) >= 11 is 2.10. The number of thioether (sulfide) groups is 1. The van der Waals surface area contributed by atoms with E-state index in [9.17, 15) is 0 Å². The van der Waals surface area contributed by atoms with Crippen LogP contribution in [0.3, 0.4) is 0 Å². The summed E-state index contributed by atoms with van der Waals surface area (Å²) in [5, 5.41) is 3.76. The minimum atomic E-state index is 0.277. The average molecular weight is 307 g/mol. The highest BCUT2D eigenvalue weighted by atomic mass is 32.2. The van der Waals surface area contributed by atoms with Crippen LogP contribution in [0.4, 0.5) is 0 Å². The molecule has 1 saturated heterocycles. The zero-order valence-electron chi connectivity index (χ0n) is 13.0. The van der Waals surface area contributed by atoms with Crippen molar-refractivity contribution in [3.05, 3.63) is 23.8 Å². The van der Waals surface area contributed by atoms with E-state index in [0.717, 1.165) is 24.5 Å². The molecule has 1 N–H and O–H groups in total. The lowest BCUT2D eigenvalue weighted by atomic mass is 9.90. The molecule has 0 spiro atoms. The van der Waals surface area contributed by atoms with Gasteiger partial charge in [-0.1, -0.05) is 13.0 Å². The molecule has 0 aromatic heterocycles. The summed E-state index contributed by atoms with van der Waals surface area (Å²) in [7, 11) is 0. The van der Waals surface area contributed by atoms with Gasteiger partial charge in [0, 0.05) is 10.8 Å². The Bertz CT molecular complexity index is 486. The van der Waals surface area contributed by atoms with E-state index in [4.69, 9.17) is 9.47 Å². The number of nitrogens with one attached hydrogen (secondary N) is 1. The van der Waals surface area contributed by atoms with Crippen molar-refractivity contribution >= 4 is 11.8 Å². The first-order valence-corrected chi connectivity index (χ1v) is 8.98. The van der Waals surface area contributed by atoms with Crippen LogP contribution in [0.1, 0.15) is 44.7 Å². The highest BCUT2D eigenvalue weighted by Gasteiger charge is 2.38. The topological polar surface area (TPSA) is 30.5 Å². The average Bonchev–Trinajstić information content (AvgIpc) is 2.95. The second-order valence-corrected chi connectivity index (χ2v) is 7.68. The van der Waals surface area contributed by atoms with Gasteiger partial charge in [0.25, 0.3) is 0 Å². The van der Waals surface area contributed by atoms with Gasteiger partial charge in [-0.3, -0.25) is 0 Å². The van der Waals surface area contributed by atoms with Crippen molar-refractivity contribution in [3.8, 4) is 11.5 Å². The van der Waals surface area contributed by atoms with E-state index in [1.807, 2.05) is 0 Å². The first-order chi connectivity index (χ1) is 10.2. The molecule has 116 valence electrons. The van der Waals surface area contributed by atoms with Crippen LogP contribution in [0.25, 0.3) is 0 Å². The van der Waals surface area contributed by atoms with E-state index < -0.39 is 0 Å². The normalized spacial score (nSPS) is 25.8. The zero-order chi connectivity index (χ0) is 14.7. The maximum Gasteiger partial charge on any atom is 0.161 e. The van der Waals surface area contributed by atoms with E-state index >= 15 is 0 Å². The van der Waals surface area contributed by atoms with Crippen LogP contribution in [0.5, 0.6) is 11.5 Å². The summed E-state index contributed by atoms with van der Waals surface area (Å²) in [4.78, 5) is 0. The van der Waals surface area contributed by atoms with Crippen LogP contribution in [0, 0.1) is 0 Å². The maximum atomic E-state index is 5.75. The first kappa shape index (κ1) is 15.0. The van der Waals surface area contributed by atoms with Crippen molar-refractivity contribution < 1.29 is 9.47 Å². The maximum absolute atomic E-state index is 5.75. The van der Waals surface area contributed by atoms with E-state index in [-0.39, 0.29) is 4.75 Å². The van der Waals surface area contributed by atoms with Gasteiger partial charge >= 0.3 is 0 Å². The van der Waals surface area contributed by atoms with Crippen molar-refractivity contribution in [2.45, 2.75) is 43.9 Å². The van der Waals surface area contributed by atoms with Crippen LogP contribution in [0.15, 0.2) is 18.2 Å². The van der Waals surface area contributed by atoms with E-state index in [0.29, 0.717) is 19.3 Å². The fourth-order valence-corrected chi connectivity index (χ4v) is 4.67. The van der Waals surface area contributed by atoms with Gasteiger partial charge < -0.3 is 14.8 Å². The molecule has 0 bridgehead atoms. The highest BCUT2D eigenvalue weighted by molar-refractivity contribution is 8.00. The number of rotatable bonds is 5. The van der Waals surface area contributed by atoms with Crippen molar-refractivity contribution in [2.75, 3.05) is 25.5 Å². The van der Waals surface area contributed by atoms with E-state index in [1.54, 1.807) is 0 Å². The highest BCUT2D eigenvalue weighted by Crippen LogP contribution is 2.47. The third kappa shape index (κ3) is 3.16. The molecule has 0 saturated carbocycles. The van der Waals surface area contributed by atoms with Crippen LogP contribution >= 0.6 is 11.8 Å². The lowest BCUT2D eigenvalue weighted by Crippen LogP contribution is -2.38. The molecule has 4 heteroatoms. The van der Waals surface area contributed by atoms with Gasteiger partial charge in [-0.05, 0) is 56.2 Å². The first-order valence-electron chi connectivity index (χ1n) is 8.00. The molecule has 3 rings (SSSR count). The fraction of sp³-hybridized carbons (Fsp3) is 0.647. The molecule has 1 aromatic rings. The Hall–Kier alpha value is -0.870. The number of ether oxygens (including phenoxy) is 2. The molecule has 21 heavy (non-hydrogen) atoms. The Balaban J connectivity index is 1.88. The number of fused-ring (bicyclic) bond motifs is 1. The Morgan fingerprint density at radius 1 is 1.29 bits per heavy atom. The predicted octanol–water partition coefficient (Wildman–Crippen LogP) is 3.78. The summed E-state index contributed by atoms with van der Waals surface area (Å²) in [5.41, 5.74) is 1.32. The van der Waals surface area contributed by atoms with Gasteiger partial charge in [-0.2, -0.15) is 11.8 Å². The second-order valence-electron chi connectivity index (χ2n) is 6.05. The molecule has 2 unspecified atom stereocenters. The molecule has 2 heterocycles. The molecule has 3 nitrogen and oxygen atoms in total. The largest absolute Gasteiger partial charge is 0.486 e. The van der Waals surface area contributed by atoms with Crippen molar-refractivity contribution in [1.82, 2.24) is 5.32 Å². The zero-order valence-corrected chi connectivity index (χ0v) is 13.8. The molecule has 0 radical (unpaired) electrons. The van der Waals surface area contributed by atoms with Crippen molar-refractivity contribution in [2.24, 2.45) is 0 Å². The Morgan fingerprint density at radius 2 is 2.10 bits per heavy atom. The van der Waals surface area contributed by atoms with Gasteiger partial charge in [-0.25, -0.2) is 0 Å². The van der Waals surface area contributed by atoms with Crippen LogP contribution < -0.4 is 14.8 Å². The third-order valence-electron chi connectivity index (χ3n) is 4.36. The summed E-state index contributed by atoms with van der Waals surface area (Å²) in [6.45, 7) is 6.97. The van der Waals surface area contributed by atoms with Crippen molar-refractivity contribution in [3.63, 3.8) is 0 Å². The fourth-order valence-electron chi connectivity index (χ4n) is 3.24. The molecule has 0 aliphatic carbocycles. The van der Waals surface area contributed by atoms with E-state index in [2.05, 4.69) is 49.1 Å². The third-order valence-corrected chi connectivity index (χ3v) is 5.95. The Labute approximate surface area is 131 Å². The van der Waals surface area contributed by atoms with E-state index in [1.165, 1.54) is 24.2 Å². The van der Waals surface area contributed by atoms with Crippen LogP contribution in [0.2, 0.25) is 0 Å². The molecule has 1 fully saturated rings. The smallest absolute Gasteiger partial charge is 0.161 e. The predicted molar refractivity (Wildman–Crippen MR) is 88.6 cm³/mol. The molecule has 2 aliphatic rings. The molecule has 1 aromatic carbocycles. The molecular formula is C17H25NO2S. The number of benzene rings is 1.